The molecule has 2 N–H and O–H groups in total. The number of hydrogen-bond donors (Lipinski definition) is 2. The van der Waals surface area contributed by atoms with E-state index in [-0.39, 0.29) is 19.1 Å². The van der Waals surface area contributed by atoms with E-state index >= 15 is 0 Å². The Bertz CT molecular complexity index is 1140. The highest BCUT2D eigenvalue weighted by Crippen LogP contribution is 2.38. The SMILES string of the molecule is CCCCCCCCCCCCCC/C=C\CCCCCCCCCCCCCCCCC(=O)NC(COP(=O)([O-])OCC[N+](C)(C)C)C(O)/C=C/CCCCCCCCCCCCCCC. The topological polar surface area (TPSA) is 108 Å². The number of aliphatic hydroxyl groups excluding tert-OH is 1. The Morgan fingerprint density at radius 2 is 0.821 bits per heavy atom. The number of phosphoric ester groups is 1. The molecule has 67 heavy (non-hydrogen) atoms. The third-order valence-electron chi connectivity index (χ3n) is 13.4. The van der Waals surface area contributed by atoms with Gasteiger partial charge in [0, 0.05) is 6.42 Å². The molecule has 0 aromatic heterocycles. The fraction of sp³-hybridized carbons (Fsp3) is 0.914. The third-order valence-corrected chi connectivity index (χ3v) is 14.4. The number of likely N-dealkylation sites (N-methyl/N-ethyl adjacent to an activating group) is 1. The molecule has 0 aliphatic rings. The van der Waals surface area contributed by atoms with E-state index in [1.54, 1.807) is 6.08 Å². The molecular formula is C58H115N2O6P. The Morgan fingerprint density at radius 1 is 0.507 bits per heavy atom. The minimum atomic E-state index is -4.59. The second kappa shape index (κ2) is 49.9. The number of nitrogens with one attached hydrogen (secondary N) is 1. The standard InChI is InChI=1S/C58H115N2O6P/c1-6-8-10-12-14-16-18-20-22-23-24-25-26-27-28-29-30-31-32-33-34-35-36-38-40-42-44-46-48-50-52-58(62)59-56(55-66-67(63,64)65-54-53-60(3,4)5)57(61)51-49-47-45-43-41-39-37-21-19-17-15-13-11-9-7-2/h27-28,49,51,56-57,61H,6-26,29-48,50,52-55H2,1-5H3,(H-,59,62,63,64)/b28-27-,51-49+. The number of quaternary nitrogens is 1. The van der Waals surface area contributed by atoms with E-state index in [0.717, 1.165) is 38.5 Å². The maximum absolute atomic E-state index is 13.0. The van der Waals surface area contributed by atoms with Gasteiger partial charge in [0.25, 0.3) is 7.82 Å². The maximum atomic E-state index is 13.0. The minimum Gasteiger partial charge on any atom is -0.756 e. The minimum absolute atomic E-state index is 0.00101. The summed E-state index contributed by atoms with van der Waals surface area (Å²) in [4.78, 5) is 25.5. The quantitative estimate of drug-likeness (QED) is 0.0272. The van der Waals surface area contributed by atoms with Crippen molar-refractivity contribution in [2.75, 3.05) is 40.9 Å². The van der Waals surface area contributed by atoms with E-state index in [9.17, 15) is 19.4 Å². The number of carbonyl (C=O) groups excluding carboxylic acids is 1. The van der Waals surface area contributed by atoms with Crippen LogP contribution in [0.3, 0.4) is 0 Å². The molecule has 3 unspecified atom stereocenters. The second-order valence-corrected chi connectivity index (χ2v) is 22.8. The van der Waals surface area contributed by atoms with Gasteiger partial charge in [-0.25, -0.2) is 0 Å². The van der Waals surface area contributed by atoms with Crippen molar-refractivity contribution in [2.45, 2.75) is 302 Å². The Labute approximate surface area is 417 Å². The third kappa shape index (κ3) is 52.6. The van der Waals surface area contributed by atoms with Crippen LogP contribution in [0.25, 0.3) is 0 Å². The number of hydrogen-bond acceptors (Lipinski definition) is 6. The molecule has 0 fully saturated rings. The summed E-state index contributed by atoms with van der Waals surface area (Å²) in [5.41, 5.74) is 0. The van der Waals surface area contributed by atoms with Gasteiger partial charge in [-0.15, -0.1) is 0 Å². The van der Waals surface area contributed by atoms with Crippen LogP contribution >= 0.6 is 7.82 Å². The lowest BCUT2D eigenvalue weighted by molar-refractivity contribution is -0.870. The van der Waals surface area contributed by atoms with Crippen LogP contribution in [0.15, 0.2) is 24.3 Å². The van der Waals surface area contributed by atoms with Gasteiger partial charge in [0.1, 0.15) is 13.2 Å². The molecule has 3 atom stereocenters. The molecule has 9 heteroatoms. The first kappa shape index (κ1) is 66.0. The van der Waals surface area contributed by atoms with Crippen LogP contribution in [-0.2, 0) is 18.4 Å². The molecular weight excluding hydrogens is 852 g/mol. The van der Waals surface area contributed by atoms with Crippen molar-refractivity contribution in [3.05, 3.63) is 24.3 Å². The molecule has 0 bridgehead atoms. The van der Waals surface area contributed by atoms with Crippen molar-refractivity contribution in [1.82, 2.24) is 5.32 Å². The Hall–Kier alpha value is -1.02. The van der Waals surface area contributed by atoms with Crippen LogP contribution in [0.2, 0.25) is 0 Å². The monoisotopic (exact) mass is 967 g/mol. The van der Waals surface area contributed by atoms with Crippen LogP contribution in [-0.4, -0.2) is 68.5 Å². The van der Waals surface area contributed by atoms with E-state index in [1.807, 2.05) is 27.2 Å². The van der Waals surface area contributed by atoms with Crippen LogP contribution < -0.4 is 10.2 Å². The van der Waals surface area contributed by atoms with E-state index < -0.39 is 20.0 Å². The second-order valence-electron chi connectivity index (χ2n) is 21.4. The summed E-state index contributed by atoms with van der Waals surface area (Å²) in [5.74, 6) is -0.193. The Balaban J connectivity index is 4.07. The largest absolute Gasteiger partial charge is 0.756 e. The summed E-state index contributed by atoms with van der Waals surface area (Å²) in [5, 5.41) is 13.9. The zero-order valence-electron chi connectivity index (χ0n) is 45.4. The number of nitrogens with zero attached hydrogens (tertiary/aromatic N) is 1. The molecule has 0 saturated heterocycles. The summed E-state index contributed by atoms with van der Waals surface area (Å²) in [7, 11) is 1.27. The van der Waals surface area contributed by atoms with Crippen LogP contribution in [0.1, 0.15) is 290 Å². The maximum Gasteiger partial charge on any atom is 0.268 e. The number of phosphoric acid groups is 1. The molecule has 1 amide bonds. The fourth-order valence-electron chi connectivity index (χ4n) is 8.80. The first-order valence-electron chi connectivity index (χ1n) is 29.2. The molecule has 0 aromatic carbocycles. The molecule has 0 aromatic rings. The molecule has 0 rings (SSSR count). The van der Waals surface area contributed by atoms with Gasteiger partial charge in [-0.1, -0.05) is 263 Å². The number of rotatable bonds is 54. The number of amides is 1. The molecule has 0 spiro atoms. The lowest BCUT2D eigenvalue weighted by Gasteiger charge is -2.29. The Morgan fingerprint density at radius 3 is 1.16 bits per heavy atom. The van der Waals surface area contributed by atoms with Gasteiger partial charge in [-0.3, -0.25) is 9.36 Å². The molecule has 0 saturated carbocycles. The van der Waals surface area contributed by atoms with Crippen molar-refractivity contribution < 1.29 is 32.9 Å². The van der Waals surface area contributed by atoms with Crippen LogP contribution in [0.4, 0.5) is 0 Å². The highest BCUT2D eigenvalue weighted by atomic mass is 31.2. The molecule has 0 heterocycles. The number of allylic oxidation sites excluding steroid dienone is 3. The lowest BCUT2D eigenvalue weighted by atomic mass is 10.0. The molecule has 0 radical (unpaired) electrons. The average Bonchev–Trinajstić information content (AvgIpc) is 3.29. The molecule has 0 aliphatic carbocycles. The van der Waals surface area contributed by atoms with Crippen LogP contribution in [0, 0.1) is 0 Å². The summed E-state index contributed by atoms with van der Waals surface area (Å²) in [6.07, 6.45) is 62.6. The Kier molecular flexibility index (Phi) is 49.2. The van der Waals surface area contributed by atoms with Crippen molar-refractivity contribution in [3.63, 3.8) is 0 Å². The first-order chi connectivity index (χ1) is 32.5. The molecule has 398 valence electrons. The number of unbranched alkanes of at least 4 members (excludes halogenated alkanes) is 39. The predicted octanol–water partition coefficient (Wildman–Crippen LogP) is 17.0. The van der Waals surface area contributed by atoms with Crippen molar-refractivity contribution >= 4 is 13.7 Å². The normalized spacial score (nSPS) is 14.1. The lowest BCUT2D eigenvalue weighted by Crippen LogP contribution is -2.45. The highest BCUT2D eigenvalue weighted by molar-refractivity contribution is 7.45. The first-order valence-corrected chi connectivity index (χ1v) is 30.7. The van der Waals surface area contributed by atoms with Crippen molar-refractivity contribution in [3.8, 4) is 0 Å². The van der Waals surface area contributed by atoms with Crippen LogP contribution in [0.5, 0.6) is 0 Å². The van der Waals surface area contributed by atoms with E-state index in [1.165, 1.54) is 231 Å². The van der Waals surface area contributed by atoms with Crippen molar-refractivity contribution in [2.24, 2.45) is 0 Å². The number of aliphatic hydroxyl groups is 1. The summed E-state index contributed by atoms with van der Waals surface area (Å²) in [6.45, 7) is 4.68. The smallest absolute Gasteiger partial charge is 0.268 e. The summed E-state index contributed by atoms with van der Waals surface area (Å²) >= 11 is 0. The van der Waals surface area contributed by atoms with E-state index in [2.05, 4.69) is 31.3 Å². The summed E-state index contributed by atoms with van der Waals surface area (Å²) < 4.78 is 23.3. The zero-order valence-corrected chi connectivity index (χ0v) is 46.3. The average molecular weight is 968 g/mol. The highest BCUT2D eigenvalue weighted by Gasteiger charge is 2.23. The number of carbonyl (C=O) groups is 1. The van der Waals surface area contributed by atoms with Gasteiger partial charge in [-0.05, 0) is 44.9 Å². The van der Waals surface area contributed by atoms with Crippen molar-refractivity contribution in [1.29, 1.82) is 0 Å². The van der Waals surface area contributed by atoms with Gasteiger partial charge in [0.15, 0.2) is 0 Å². The van der Waals surface area contributed by atoms with Gasteiger partial charge in [-0.2, -0.15) is 0 Å². The fourth-order valence-corrected chi connectivity index (χ4v) is 9.52. The molecule has 8 nitrogen and oxygen atoms in total. The summed E-state index contributed by atoms with van der Waals surface area (Å²) in [6, 6.07) is -0.884. The van der Waals surface area contributed by atoms with E-state index in [0.29, 0.717) is 17.4 Å². The van der Waals surface area contributed by atoms with Gasteiger partial charge < -0.3 is 28.8 Å². The van der Waals surface area contributed by atoms with Gasteiger partial charge >= 0.3 is 0 Å². The van der Waals surface area contributed by atoms with E-state index in [4.69, 9.17) is 9.05 Å². The van der Waals surface area contributed by atoms with Gasteiger partial charge in [0.05, 0.1) is 39.9 Å². The molecule has 0 aliphatic heterocycles. The predicted molar refractivity (Wildman–Crippen MR) is 289 cm³/mol. The zero-order chi connectivity index (χ0) is 49.2. The van der Waals surface area contributed by atoms with Gasteiger partial charge in [0.2, 0.25) is 5.91 Å².